The second-order valence-electron chi connectivity index (χ2n) is 7.46. The molecule has 1 amide bonds. The average Bonchev–Trinajstić information content (AvgIpc) is 3.28. The van der Waals surface area contributed by atoms with Crippen LogP contribution in [0.3, 0.4) is 0 Å². The summed E-state index contributed by atoms with van der Waals surface area (Å²) in [7, 11) is 0. The van der Waals surface area contributed by atoms with E-state index in [1.807, 2.05) is 0 Å². The average molecular weight is 484 g/mol. The van der Waals surface area contributed by atoms with Gasteiger partial charge in [-0.15, -0.1) is 0 Å². The highest BCUT2D eigenvalue weighted by Crippen LogP contribution is 2.30. The maximum absolute atomic E-state index is 14.4. The zero-order valence-corrected chi connectivity index (χ0v) is 17.8. The van der Waals surface area contributed by atoms with Crippen LogP contribution in [0.15, 0.2) is 78.9 Å². The van der Waals surface area contributed by atoms with Crippen molar-refractivity contribution < 1.29 is 27.3 Å². The van der Waals surface area contributed by atoms with Crippen molar-refractivity contribution in [3.8, 4) is 16.9 Å². The number of benzene rings is 3. The SMILES string of the molecule is O=C(NCc1cccc(C(F)(F)F)c1)c1cc(-c2ccccc2F)nn1-c1cccc([N+](=O)[O-])c1. The molecule has 4 aromatic rings. The lowest BCUT2D eigenvalue weighted by atomic mass is 10.1. The second-order valence-corrected chi connectivity index (χ2v) is 7.46. The fourth-order valence-electron chi connectivity index (χ4n) is 3.41. The molecule has 1 N–H and O–H groups in total. The number of rotatable bonds is 6. The number of nitro benzene ring substituents is 1. The Morgan fingerprint density at radius 2 is 1.74 bits per heavy atom. The Balaban J connectivity index is 1.70. The molecule has 0 aliphatic carbocycles. The molecular weight excluding hydrogens is 468 g/mol. The maximum atomic E-state index is 14.4. The van der Waals surface area contributed by atoms with E-state index in [1.54, 1.807) is 6.07 Å². The van der Waals surface area contributed by atoms with Gasteiger partial charge in [-0.2, -0.15) is 18.3 Å². The molecule has 0 saturated carbocycles. The summed E-state index contributed by atoms with van der Waals surface area (Å²) in [4.78, 5) is 23.6. The molecule has 0 radical (unpaired) electrons. The first kappa shape index (κ1) is 23.6. The van der Waals surface area contributed by atoms with Crippen LogP contribution in [0.2, 0.25) is 0 Å². The first-order valence-corrected chi connectivity index (χ1v) is 10.2. The first-order chi connectivity index (χ1) is 16.6. The summed E-state index contributed by atoms with van der Waals surface area (Å²) in [5, 5.41) is 18.0. The third-order valence-electron chi connectivity index (χ3n) is 5.08. The van der Waals surface area contributed by atoms with E-state index in [4.69, 9.17) is 0 Å². The molecule has 4 rings (SSSR count). The van der Waals surface area contributed by atoms with Gasteiger partial charge in [-0.05, 0) is 42.0 Å². The summed E-state index contributed by atoms with van der Waals surface area (Å²) in [6.45, 7) is -0.224. The van der Waals surface area contributed by atoms with Crippen LogP contribution in [0.5, 0.6) is 0 Å². The number of halogens is 4. The quantitative estimate of drug-likeness (QED) is 0.221. The van der Waals surface area contributed by atoms with Crippen LogP contribution in [-0.4, -0.2) is 20.6 Å². The Bertz CT molecular complexity index is 1420. The van der Waals surface area contributed by atoms with E-state index < -0.39 is 28.4 Å². The van der Waals surface area contributed by atoms with E-state index in [-0.39, 0.29) is 40.4 Å². The van der Waals surface area contributed by atoms with Crippen molar-refractivity contribution in [1.29, 1.82) is 0 Å². The lowest BCUT2D eigenvalue weighted by Gasteiger charge is -2.10. The lowest BCUT2D eigenvalue weighted by Crippen LogP contribution is -2.25. The fourth-order valence-corrected chi connectivity index (χ4v) is 3.41. The smallest absolute Gasteiger partial charge is 0.347 e. The van der Waals surface area contributed by atoms with Crippen molar-refractivity contribution in [3.63, 3.8) is 0 Å². The Morgan fingerprint density at radius 3 is 2.46 bits per heavy atom. The minimum atomic E-state index is -4.53. The number of hydrogen-bond acceptors (Lipinski definition) is 4. The molecule has 0 saturated heterocycles. The van der Waals surface area contributed by atoms with Crippen LogP contribution in [0.1, 0.15) is 21.6 Å². The molecule has 0 fully saturated rings. The van der Waals surface area contributed by atoms with E-state index in [2.05, 4.69) is 10.4 Å². The number of aromatic nitrogens is 2. The molecule has 7 nitrogen and oxygen atoms in total. The molecule has 3 aromatic carbocycles. The van der Waals surface area contributed by atoms with Gasteiger partial charge in [-0.25, -0.2) is 9.07 Å². The van der Waals surface area contributed by atoms with Crippen LogP contribution in [0.4, 0.5) is 23.2 Å². The van der Waals surface area contributed by atoms with Crippen molar-refractivity contribution in [2.45, 2.75) is 12.7 Å². The Labute approximate surface area is 195 Å². The molecular formula is C24H16F4N4O3. The zero-order chi connectivity index (χ0) is 25.2. The predicted molar refractivity (Wildman–Crippen MR) is 118 cm³/mol. The monoisotopic (exact) mass is 484 g/mol. The van der Waals surface area contributed by atoms with Crippen LogP contribution < -0.4 is 5.32 Å². The Kier molecular flexibility index (Phi) is 6.32. The number of carbonyl (C=O) groups is 1. The molecule has 0 aliphatic rings. The standard InChI is InChI=1S/C24H16F4N4O3/c25-20-10-2-1-9-19(20)21-13-22(31(30-21)17-7-4-8-18(12-17)32(34)35)23(33)29-14-15-5-3-6-16(11-15)24(26,27)28/h1-13H,14H2,(H,29,33). The number of carbonyl (C=O) groups excluding carboxylic acids is 1. The van der Waals surface area contributed by atoms with E-state index in [0.717, 1.165) is 16.8 Å². The summed E-state index contributed by atoms with van der Waals surface area (Å²) >= 11 is 0. The minimum Gasteiger partial charge on any atom is -0.347 e. The van der Waals surface area contributed by atoms with E-state index in [0.29, 0.717) is 0 Å². The van der Waals surface area contributed by atoms with Crippen molar-refractivity contribution >= 4 is 11.6 Å². The van der Waals surface area contributed by atoms with Gasteiger partial charge in [0, 0.05) is 24.2 Å². The molecule has 0 unspecified atom stereocenters. The minimum absolute atomic E-state index is 0.0873. The van der Waals surface area contributed by atoms with Crippen molar-refractivity contribution in [1.82, 2.24) is 15.1 Å². The number of hydrogen-bond donors (Lipinski definition) is 1. The summed E-state index contributed by atoms with van der Waals surface area (Å²) in [5.41, 5.74) is -0.610. The summed E-state index contributed by atoms with van der Waals surface area (Å²) < 4.78 is 54.4. The normalized spacial score (nSPS) is 11.3. The molecule has 35 heavy (non-hydrogen) atoms. The molecule has 0 aliphatic heterocycles. The zero-order valence-electron chi connectivity index (χ0n) is 17.8. The summed E-state index contributed by atoms with van der Waals surface area (Å²) in [5.74, 6) is -1.31. The molecule has 178 valence electrons. The van der Waals surface area contributed by atoms with Crippen molar-refractivity contribution in [2.24, 2.45) is 0 Å². The van der Waals surface area contributed by atoms with Gasteiger partial charge in [0.15, 0.2) is 0 Å². The number of amides is 1. The highest BCUT2D eigenvalue weighted by Gasteiger charge is 2.30. The maximum Gasteiger partial charge on any atom is 0.416 e. The predicted octanol–water partition coefficient (Wildman–Crippen LogP) is 5.54. The molecule has 1 heterocycles. The largest absolute Gasteiger partial charge is 0.416 e. The highest BCUT2D eigenvalue weighted by atomic mass is 19.4. The van der Waals surface area contributed by atoms with Gasteiger partial charge in [-0.1, -0.05) is 30.3 Å². The van der Waals surface area contributed by atoms with E-state index in [1.165, 1.54) is 60.7 Å². The van der Waals surface area contributed by atoms with Crippen LogP contribution in [0.25, 0.3) is 16.9 Å². The van der Waals surface area contributed by atoms with E-state index >= 15 is 0 Å². The summed E-state index contributed by atoms with van der Waals surface area (Å²) in [6.07, 6.45) is -4.53. The molecule has 11 heteroatoms. The second kappa shape index (κ2) is 9.37. The topological polar surface area (TPSA) is 90.1 Å². The Morgan fingerprint density at radius 1 is 1.00 bits per heavy atom. The van der Waals surface area contributed by atoms with Crippen molar-refractivity contribution in [2.75, 3.05) is 0 Å². The molecule has 0 atom stereocenters. The number of nitrogens with zero attached hydrogens (tertiary/aromatic N) is 3. The number of nitro groups is 1. The molecule has 1 aromatic heterocycles. The van der Waals surface area contributed by atoms with Crippen molar-refractivity contribution in [3.05, 3.63) is 112 Å². The summed E-state index contributed by atoms with van der Waals surface area (Å²) in [6, 6.07) is 16.9. The van der Waals surface area contributed by atoms with Gasteiger partial charge in [0.05, 0.1) is 21.9 Å². The fraction of sp³-hybridized carbons (Fsp3) is 0.0833. The number of nitrogens with one attached hydrogen (secondary N) is 1. The van der Waals surface area contributed by atoms with Gasteiger partial charge in [0.1, 0.15) is 11.5 Å². The van der Waals surface area contributed by atoms with Gasteiger partial charge in [0.25, 0.3) is 11.6 Å². The van der Waals surface area contributed by atoms with Gasteiger partial charge < -0.3 is 5.32 Å². The number of non-ortho nitro benzene ring substituents is 1. The third kappa shape index (κ3) is 5.18. The third-order valence-corrected chi connectivity index (χ3v) is 5.08. The number of alkyl halides is 3. The van der Waals surface area contributed by atoms with Gasteiger partial charge in [0.2, 0.25) is 0 Å². The molecule has 0 bridgehead atoms. The molecule has 0 spiro atoms. The Hall–Kier alpha value is -4.54. The van der Waals surface area contributed by atoms with Crippen LogP contribution in [-0.2, 0) is 12.7 Å². The van der Waals surface area contributed by atoms with Crippen LogP contribution >= 0.6 is 0 Å². The van der Waals surface area contributed by atoms with Gasteiger partial charge in [-0.3, -0.25) is 14.9 Å². The first-order valence-electron chi connectivity index (χ1n) is 10.2. The lowest BCUT2D eigenvalue weighted by molar-refractivity contribution is -0.384. The van der Waals surface area contributed by atoms with Crippen LogP contribution in [0, 0.1) is 15.9 Å². The van der Waals surface area contributed by atoms with E-state index in [9.17, 15) is 32.5 Å². The van der Waals surface area contributed by atoms with Gasteiger partial charge >= 0.3 is 6.18 Å². The highest BCUT2D eigenvalue weighted by molar-refractivity contribution is 5.94.